The lowest BCUT2D eigenvalue weighted by atomic mass is 10.1. The maximum absolute atomic E-state index is 5.50. The predicted molar refractivity (Wildman–Crippen MR) is 111 cm³/mol. The molecule has 2 N–H and O–H groups in total. The van der Waals surface area contributed by atoms with Gasteiger partial charge in [-0.05, 0) is 19.4 Å². The highest BCUT2D eigenvalue weighted by Crippen LogP contribution is 2.39. The van der Waals surface area contributed by atoms with Crippen molar-refractivity contribution < 1.29 is 18.9 Å². The Morgan fingerprint density at radius 1 is 1.08 bits per heavy atom. The summed E-state index contributed by atoms with van der Waals surface area (Å²) >= 11 is 0. The predicted octanol–water partition coefficient (Wildman–Crippen LogP) is 2.07. The van der Waals surface area contributed by atoms with Crippen LogP contribution in [0.2, 0.25) is 0 Å². The van der Waals surface area contributed by atoms with Crippen LogP contribution in [-0.2, 0) is 11.2 Å². The normalized spacial score (nSPS) is 12.0. The molecule has 0 aliphatic carbocycles. The number of hydrogen-bond donors (Lipinski definition) is 2. The van der Waals surface area contributed by atoms with Crippen molar-refractivity contribution in [3.05, 3.63) is 17.7 Å². The summed E-state index contributed by atoms with van der Waals surface area (Å²) in [6.45, 7) is 3.35. The Morgan fingerprint density at radius 3 is 2.28 bits per heavy atom. The van der Waals surface area contributed by atoms with Gasteiger partial charge in [0.2, 0.25) is 5.75 Å². The Kier molecular flexibility index (Phi) is 12.1. The van der Waals surface area contributed by atoms with E-state index < -0.39 is 0 Å². The van der Waals surface area contributed by atoms with E-state index in [-0.39, 0.29) is 30.0 Å². The number of nitrogens with zero attached hydrogens (tertiary/aromatic N) is 1. The van der Waals surface area contributed by atoms with E-state index in [1.54, 1.807) is 35.5 Å². The molecule has 1 aromatic rings. The van der Waals surface area contributed by atoms with Crippen molar-refractivity contribution in [3.63, 3.8) is 0 Å². The van der Waals surface area contributed by atoms with Crippen molar-refractivity contribution in [2.24, 2.45) is 4.99 Å². The molecule has 1 rings (SSSR count). The summed E-state index contributed by atoms with van der Waals surface area (Å²) in [7, 11) is 8.26. The van der Waals surface area contributed by atoms with Gasteiger partial charge in [-0.25, -0.2) is 0 Å². The second kappa shape index (κ2) is 12.9. The van der Waals surface area contributed by atoms with E-state index in [2.05, 4.69) is 15.6 Å². The number of benzene rings is 1. The van der Waals surface area contributed by atoms with Gasteiger partial charge < -0.3 is 29.6 Å². The highest BCUT2D eigenvalue weighted by atomic mass is 127. The number of aliphatic imine (C=N–C) groups is 1. The number of methoxy groups -OCH3 is 4. The van der Waals surface area contributed by atoms with Crippen LogP contribution in [0.3, 0.4) is 0 Å². The average molecular weight is 467 g/mol. The average Bonchev–Trinajstić information content (AvgIpc) is 2.60. The zero-order valence-corrected chi connectivity index (χ0v) is 18.2. The van der Waals surface area contributed by atoms with E-state index in [4.69, 9.17) is 18.9 Å². The first-order chi connectivity index (χ1) is 11.6. The minimum absolute atomic E-state index is 0. The molecule has 0 fully saturated rings. The molecular weight excluding hydrogens is 437 g/mol. The van der Waals surface area contributed by atoms with Crippen LogP contribution in [-0.4, -0.2) is 60.6 Å². The number of nitrogens with one attached hydrogen (secondary N) is 2. The summed E-state index contributed by atoms with van der Waals surface area (Å²) in [4.78, 5) is 4.21. The lowest BCUT2D eigenvalue weighted by Gasteiger charge is -2.18. The van der Waals surface area contributed by atoms with Gasteiger partial charge in [0.1, 0.15) is 0 Å². The van der Waals surface area contributed by atoms with Crippen LogP contribution in [0.25, 0.3) is 0 Å². The minimum Gasteiger partial charge on any atom is -0.493 e. The molecule has 0 spiro atoms. The molecule has 8 heteroatoms. The quantitative estimate of drug-likeness (QED) is 0.329. The third kappa shape index (κ3) is 7.15. The van der Waals surface area contributed by atoms with Crippen molar-refractivity contribution in [2.45, 2.75) is 19.4 Å². The van der Waals surface area contributed by atoms with Crippen LogP contribution in [0.15, 0.2) is 17.1 Å². The molecule has 0 aromatic heterocycles. The van der Waals surface area contributed by atoms with Gasteiger partial charge in [0.15, 0.2) is 17.5 Å². The van der Waals surface area contributed by atoms with Gasteiger partial charge in [0, 0.05) is 32.3 Å². The minimum atomic E-state index is 0. The Morgan fingerprint density at radius 2 is 1.76 bits per heavy atom. The van der Waals surface area contributed by atoms with Gasteiger partial charge >= 0.3 is 0 Å². The molecule has 0 heterocycles. The van der Waals surface area contributed by atoms with E-state index >= 15 is 0 Å². The fourth-order valence-electron chi connectivity index (χ4n) is 2.40. The van der Waals surface area contributed by atoms with Gasteiger partial charge in [0.25, 0.3) is 0 Å². The van der Waals surface area contributed by atoms with Crippen molar-refractivity contribution in [1.82, 2.24) is 10.6 Å². The molecule has 1 aromatic carbocycles. The second-order valence-electron chi connectivity index (χ2n) is 5.24. The molecule has 0 aliphatic heterocycles. The molecule has 0 saturated heterocycles. The third-order valence-corrected chi connectivity index (χ3v) is 3.50. The molecule has 0 aliphatic rings. The molecule has 0 amide bonds. The lowest BCUT2D eigenvalue weighted by Crippen LogP contribution is -2.44. The Bertz CT molecular complexity index is 541. The van der Waals surface area contributed by atoms with Crippen molar-refractivity contribution >= 4 is 29.9 Å². The van der Waals surface area contributed by atoms with Gasteiger partial charge in [-0.1, -0.05) is 6.07 Å². The Labute approximate surface area is 167 Å². The number of halogens is 1. The van der Waals surface area contributed by atoms with Gasteiger partial charge in [-0.2, -0.15) is 0 Å². The lowest BCUT2D eigenvalue weighted by molar-refractivity contribution is 0.179. The molecule has 0 saturated carbocycles. The van der Waals surface area contributed by atoms with Crippen LogP contribution in [0.1, 0.15) is 12.5 Å². The molecule has 1 atom stereocenters. The standard InChI is InChI=1S/C17H29N3O4.HI/c1-12(11-21-3)20-17(18-2)19-10-9-13-7-8-14(22-4)16(24-6)15(13)23-5;/h7-8,12H,9-11H2,1-6H3,(H2,18,19,20);1H. The number of guanidine groups is 1. The Hall–Kier alpha value is -1.42. The van der Waals surface area contributed by atoms with Crippen LogP contribution in [0.4, 0.5) is 0 Å². The van der Waals surface area contributed by atoms with E-state index in [0.29, 0.717) is 30.4 Å². The van der Waals surface area contributed by atoms with Crippen LogP contribution in [0.5, 0.6) is 17.2 Å². The van der Waals surface area contributed by atoms with E-state index in [9.17, 15) is 0 Å². The topological polar surface area (TPSA) is 73.3 Å². The van der Waals surface area contributed by atoms with E-state index in [0.717, 1.165) is 17.9 Å². The van der Waals surface area contributed by atoms with E-state index in [1.807, 2.05) is 19.1 Å². The number of rotatable bonds is 9. The van der Waals surface area contributed by atoms with Gasteiger partial charge in [0.05, 0.1) is 27.9 Å². The van der Waals surface area contributed by atoms with Gasteiger partial charge in [-0.3, -0.25) is 4.99 Å². The smallest absolute Gasteiger partial charge is 0.203 e. The molecular formula is C17H30IN3O4. The largest absolute Gasteiger partial charge is 0.493 e. The summed E-state index contributed by atoms with van der Waals surface area (Å²) in [5.41, 5.74) is 1.03. The highest BCUT2D eigenvalue weighted by Gasteiger charge is 2.15. The fourth-order valence-corrected chi connectivity index (χ4v) is 2.40. The second-order valence-corrected chi connectivity index (χ2v) is 5.24. The summed E-state index contributed by atoms with van der Waals surface area (Å²) < 4.78 is 21.3. The Balaban J connectivity index is 0.00000576. The number of hydrogen-bond acceptors (Lipinski definition) is 5. The maximum Gasteiger partial charge on any atom is 0.203 e. The number of ether oxygens (including phenoxy) is 4. The fraction of sp³-hybridized carbons (Fsp3) is 0.588. The first-order valence-corrected chi connectivity index (χ1v) is 7.85. The SMILES string of the molecule is CN=C(NCCc1ccc(OC)c(OC)c1OC)NC(C)COC.I. The first kappa shape index (κ1) is 23.6. The zero-order chi connectivity index (χ0) is 17.9. The maximum atomic E-state index is 5.50. The van der Waals surface area contributed by atoms with Crippen molar-refractivity contribution in [2.75, 3.05) is 48.6 Å². The molecule has 144 valence electrons. The monoisotopic (exact) mass is 467 g/mol. The van der Waals surface area contributed by atoms with Crippen LogP contribution >= 0.6 is 24.0 Å². The van der Waals surface area contributed by atoms with E-state index in [1.165, 1.54) is 0 Å². The zero-order valence-electron chi connectivity index (χ0n) is 15.8. The van der Waals surface area contributed by atoms with Crippen molar-refractivity contribution in [3.8, 4) is 17.2 Å². The molecule has 0 radical (unpaired) electrons. The van der Waals surface area contributed by atoms with Crippen LogP contribution in [0, 0.1) is 0 Å². The van der Waals surface area contributed by atoms with Crippen LogP contribution < -0.4 is 24.8 Å². The highest BCUT2D eigenvalue weighted by molar-refractivity contribution is 14.0. The van der Waals surface area contributed by atoms with Crippen molar-refractivity contribution in [1.29, 1.82) is 0 Å². The third-order valence-electron chi connectivity index (χ3n) is 3.50. The molecule has 1 unspecified atom stereocenters. The summed E-state index contributed by atoms with van der Waals surface area (Å²) in [5.74, 6) is 2.68. The summed E-state index contributed by atoms with van der Waals surface area (Å²) in [6.07, 6.45) is 0.753. The molecule has 7 nitrogen and oxygen atoms in total. The van der Waals surface area contributed by atoms with Gasteiger partial charge in [-0.15, -0.1) is 24.0 Å². The summed E-state index contributed by atoms with van der Waals surface area (Å²) in [5, 5.41) is 6.54. The first-order valence-electron chi connectivity index (χ1n) is 7.85. The molecule has 25 heavy (non-hydrogen) atoms. The summed E-state index contributed by atoms with van der Waals surface area (Å²) in [6, 6.07) is 4.03. The molecule has 0 bridgehead atoms.